The molecular formula is C34H34F3N7O5S3. The van der Waals surface area contributed by atoms with Crippen molar-refractivity contribution in [3.63, 3.8) is 0 Å². The Hall–Kier alpha value is -3.84. The van der Waals surface area contributed by atoms with Crippen molar-refractivity contribution in [2.75, 3.05) is 52.7 Å². The van der Waals surface area contributed by atoms with Crippen LogP contribution in [0.2, 0.25) is 0 Å². The lowest BCUT2D eigenvalue weighted by Crippen LogP contribution is -2.60. The molecule has 2 N–H and O–H groups in total. The highest BCUT2D eigenvalue weighted by atomic mass is 32.2. The van der Waals surface area contributed by atoms with E-state index in [0.717, 1.165) is 57.3 Å². The molecule has 1 aliphatic carbocycles. The Kier molecular flexibility index (Phi) is 8.07. The Morgan fingerprint density at radius 3 is 2.27 bits per heavy atom. The molecule has 4 aromatic rings. The van der Waals surface area contributed by atoms with Crippen molar-refractivity contribution < 1.29 is 34.7 Å². The number of piperazine rings is 1. The van der Waals surface area contributed by atoms with Gasteiger partial charge >= 0.3 is 0 Å². The van der Waals surface area contributed by atoms with Gasteiger partial charge in [-0.1, -0.05) is 23.5 Å². The van der Waals surface area contributed by atoms with E-state index in [2.05, 4.69) is 20.1 Å². The number of benzene rings is 2. The normalized spacial score (nSPS) is 23.9. The molecular weight excluding hydrogens is 740 g/mol. The van der Waals surface area contributed by atoms with Crippen molar-refractivity contribution in [1.29, 1.82) is 0 Å². The first-order chi connectivity index (χ1) is 24.9. The molecule has 5 aliphatic rings. The highest BCUT2D eigenvalue weighted by molar-refractivity contribution is 7.93. The van der Waals surface area contributed by atoms with Gasteiger partial charge in [0.2, 0.25) is 5.95 Å². The van der Waals surface area contributed by atoms with Gasteiger partial charge in [0.15, 0.2) is 25.7 Å². The third-order valence-electron chi connectivity index (χ3n) is 10.8. The summed E-state index contributed by atoms with van der Waals surface area (Å²) in [6, 6.07) is 9.24. The average Bonchev–Trinajstić information content (AvgIpc) is 3.57. The van der Waals surface area contributed by atoms with Crippen LogP contribution in [0.15, 0.2) is 53.6 Å². The molecule has 2 aromatic carbocycles. The Labute approximate surface area is 302 Å². The van der Waals surface area contributed by atoms with Gasteiger partial charge in [0.25, 0.3) is 10.0 Å². The lowest BCUT2D eigenvalue weighted by atomic mass is 9.67. The zero-order valence-corrected chi connectivity index (χ0v) is 30.1. The first-order valence-corrected chi connectivity index (χ1v) is 21.2. The van der Waals surface area contributed by atoms with Gasteiger partial charge in [-0.05, 0) is 56.0 Å². The number of aromatic nitrogens is 3. The molecule has 18 heteroatoms. The number of hydrogen-bond donors (Lipinski definition) is 2. The number of nitrogens with one attached hydrogen (secondary N) is 2. The molecule has 5 fully saturated rings. The molecule has 2 aromatic heterocycles. The number of fused-ring (bicyclic) bond motifs is 2. The van der Waals surface area contributed by atoms with Crippen LogP contribution in [0.4, 0.5) is 29.9 Å². The second-order valence-electron chi connectivity index (χ2n) is 14.5. The Morgan fingerprint density at radius 1 is 0.923 bits per heavy atom. The minimum atomic E-state index is -4.86. The highest BCUT2D eigenvalue weighted by Gasteiger charge is 2.56. The van der Waals surface area contributed by atoms with Crippen molar-refractivity contribution in [2.45, 2.75) is 54.7 Å². The number of hydrogen-bond acceptors (Lipinski definition) is 12. The summed E-state index contributed by atoms with van der Waals surface area (Å²) in [7, 11) is -7.81. The quantitative estimate of drug-likeness (QED) is 0.248. The van der Waals surface area contributed by atoms with E-state index in [0.29, 0.717) is 40.5 Å². The monoisotopic (exact) mass is 773 g/mol. The Balaban J connectivity index is 1.06. The van der Waals surface area contributed by atoms with Gasteiger partial charge in [-0.25, -0.2) is 45.0 Å². The Bertz CT molecular complexity index is 2250. The maximum Gasteiger partial charge on any atom is 0.267 e. The predicted molar refractivity (Wildman–Crippen MR) is 189 cm³/mol. The van der Waals surface area contributed by atoms with Crippen molar-refractivity contribution in [3.05, 3.63) is 66.1 Å². The second-order valence-corrected chi connectivity index (χ2v) is 19.1. The summed E-state index contributed by atoms with van der Waals surface area (Å²) in [5.41, 5.74) is -0.00129. The lowest BCUT2D eigenvalue weighted by molar-refractivity contribution is -0.0704. The van der Waals surface area contributed by atoms with Gasteiger partial charge in [0.1, 0.15) is 11.6 Å². The van der Waals surface area contributed by atoms with Crippen LogP contribution in [-0.2, 0) is 24.6 Å². The first kappa shape index (κ1) is 34.0. The molecule has 9 rings (SSSR count). The van der Waals surface area contributed by atoms with Crippen LogP contribution in [0.3, 0.4) is 0 Å². The standard InChI is InChI=1S/C34H34F3N7O5S3/c35-24-4-2-5-25(36)31(24)52(47,48)42-26-6-1-3-23(28(26)37)29-30(27-9-10-38-32(40-27)39-19-11-34(12-19)17-51(45,46)18-34)50-33(41-29)44-20-7-8-21(44)14-43(13-20)22-15-49-16-22/h1-6,9-10,19-22,42H,7-8,11-18H2,(H,38,39,40). The van der Waals surface area contributed by atoms with Gasteiger partial charge in [-0.3, -0.25) is 9.62 Å². The second kappa shape index (κ2) is 12.4. The largest absolute Gasteiger partial charge is 0.378 e. The van der Waals surface area contributed by atoms with E-state index in [4.69, 9.17) is 14.7 Å². The number of rotatable bonds is 9. The summed E-state index contributed by atoms with van der Waals surface area (Å²) in [6.45, 7) is 3.13. The third-order valence-corrected chi connectivity index (χ3v) is 15.4. The smallest absolute Gasteiger partial charge is 0.267 e. The number of sulfonamides is 1. The van der Waals surface area contributed by atoms with Crippen molar-refractivity contribution in [3.8, 4) is 21.8 Å². The fourth-order valence-corrected chi connectivity index (χ4v) is 13.1. The lowest BCUT2D eigenvalue weighted by Gasteiger charge is -2.53. The van der Waals surface area contributed by atoms with E-state index in [1.165, 1.54) is 29.5 Å². The summed E-state index contributed by atoms with van der Waals surface area (Å²) < 4.78 is 103. The molecule has 2 unspecified atom stereocenters. The minimum absolute atomic E-state index is 0.0108. The number of thiazole rings is 1. The van der Waals surface area contributed by atoms with Gasteiger partial charge in [0, 0.05) is 48.4 Å². The number of halogens is 3. The Morgan fingerprint density at radius 2 is 1.62 bits per heavy atom. The first-order valence-electron chi connectivity index (χ1n) is 17.0. The fourth-order valence-electron chi connectivity index (χ4n) is 8.44. The highest BCUT2D eigenvalue weighted by Crippen LogP contribution is 2.51. The van der Waals surface area contributed by atoms with Crippen LogP contribution in [0, 0.1) is 22.9 Å². The van der Waals surface area contributed by atoms with E-state index in [9.17, 15) is 25.6 Å². The molecule has 4 aliphatic heterocycles. The summed E-state index contributed by atoms with van der Waals surface area (Å²) in [4.78, 5) is 18.3. The summed E-state index contributed by atoms with van der Waals surface area (Å²) in [6.07, 6.45) is 4.93. The van der Waals surface area contributed by atoms with Crippen LogP contribution >= 0.6 is 11.3 Å². The summed E-state index contributed by atoms with van der Waals surface area (Å²) in [5.74, 6) is -2.84. The summed E-state index contributed by atoms with van der Waals surface area (Å²) >= 11 is 1.36. The van der Waals surface area contributed by atoms with Crippen LogP contribution in [0.25, 0.3) is 21.8 Å². The van der Waals surface area contributed by atoms with Crippen LogP contribution in [-0.4, -0.2) is 98.7 Å². The molecule has 2 atom stereocenters. The molecule has 12 nitrogen and oxygen atoms in total. The van der Waals surface area contributed by atoms with Crippen LogP contribution in [0.5, 0.6) is 0 Å². The van der Waals surface area contributed by atoms with E-state index in [-0.39, 0.29) is 46.3 Å². The molecule has 0 radical (unpaired) electrons. The predicted octanol–water partition coefficient (Wildman–Crippen LogP) is 4.53. The van der Waals surface area contributed by atoms with Gasteiger partial charge in [0.05, 0.1) is 52.7 Å². The van der Waals surface area contributed by atoms with E-state index < -0.39 is 47.9 Å². The van der Waals surface area contributed by atoms with Crippen molar-refractivity contribution in [1.82, 2.24) is 19.9 Å². The molecule has 52 heavy (non-hydrogen) atoms. The number of anilines is 3. The van der Waals surface area contributed by atoms with Crippen molar-refractivity contribution >= 4 is 48.0 Å². The average molecular weight is 774 g/mol. The zero-order valence-electron chi connectivity index (χ0n) is 27.6. The number of likely N-dealkylation sites (tertiary alicyclic amines) is 1. The number of nitrogens with zero attached hydrogens (tertiary/aromatic N) is 5. The maximum atomic E-state index is 16.5. The topological polar surface area (TPSA) is 147 Å². The van der Waals surface area contributed by atoms with E-state index in [1.54, 1.807) is 12.3 Å². The van der Waals surface area contributed by atoms with E-state index in [1.807, 2.05) is 4.72 Å². The van der Waals surface area contributed by atoms with Crippen molar-refractivity contribution in [2.24, 2.45) is 5.41 Å². The molecule has 0 amide bonds. The molecule has 2 bridgehead atoms. The molecule has 1 saturated carbocycles. The molecule has 4 saturated heterocycles. The summed E-state index contributed by atoms with van der Waals surface area (Å²) in [5, 5.41) is 4.00. The fraction of sp³-hybridized carbons (Fsp3) is 0.441. The third kappa shape index (κ3) is 5.91. The van der Waals surface area contributed by atoms with Crippen LogP contribution < -0.4 is 14.9 Å². The zero-order chi connectivity index (χ0) is 36.0. The minimum Gasteiger partial charge on any atom is -0.378 e. The SMILES string of the molecule is O=S1(=O)CC2(CC(Nc3nccc(-c4sc(N5C6CCC5CN(C5COC5)C6)nc4-c4cccc(NS(=O)(=O)c5c(F)cccc5F)c4F)n3)C2)C1. The molecule has 274 valence electrons. The van der Waals surface area contributed by atoms with Gasteiger partial charge < -0.3 is 15.0 Å². The molecule has 6 heterocycles. The molecule has 1 spiro atoms. The van der Waals surface area contributed by atoms with Gasteiger partial charge in [-0.2, -0.15) is 0 Å². The van der Waals surface area contributed by atoms with Crippen LogP contribution in [0.1, 0.15) is 25.7 Å². The maximum absolute atomic E-state index is 16.5. The number of sulfone groups is 1. The number of ether oxygens (including phenoxy) is 1. The van der Waals surface area contributed by atoms with E-state index >= 15 is 4.39 Å². The van der Waals surface area contributed by atoms with Gasteiger partial charge in [-0.15, -0.1) is 0 Å².